The molecule has 2 rings (SSSR count). The second-order valence-corrected chi connectivity index (χ2v) is 4.52. The van der Waals surface area contributed by atoms with Gasteiger partial charge in [0.1, 0.15) is 5.52 Å². The molecular weight excluding hydrogens is 206 g/mol. The Labute approximate surface area is 92.9 Å². The van der Waals surface area contributed by atoms with Crippen LogP contribution in [0.2, 0.25) is 0 Å². The molecular formula is C12H13NO3. The Hall–Kier alpha value is -1.84. The second kappa shape index (κ2) is 3.63. The Balaban J connectivity index is 2.30. The summed E-state index contributed by atoms with van der Waals surface area (Å²) in [6, 6.07) is 5.56. The topological polar surface area (TPSA) is 63.3 Å². The molecule has 4 heteroatoms. The molecule has 0 saturated heterocycles. The third-order valence-electron chi connectivity index (χ3n) is 2.62. The van der Waals surface area contributed by atoms with Crippen molar-refractivity contribution < 1.29 is 14.3 Å². The van der Waals surface area contributed by atoms with E-state index in [1.165, 1.54) is 6.39 Å². The van der Waals surface area contributed by atoms with Gasteiger partial charge in [-0.25, -0.2) is 4.98 Å². The van der Waals surface area contributed by atoms with Crippen molar-refractivity contribution in [2.75, 3.05) is 0 Å². The lowest BCUT2D eigenvalue weighted by Gasteiger charge is -2.18. The van der Waals surface area contributed by atoms with Crippen LogP contribution in [0.1, 0.15) is 19.4 Å². The van der Waals surface area contributed by atoms with Crippen molar-refractivity contribution >= 4 is 17.1 Å². The quantitative estimate of drug-likeness (QED) is 0.861. The molecule has 84 valence electrons. The molecule has 0 atom stereocenters. The molecule has 0 aliphatic heterocycles. The average molecular weight is 219 g/mol. The summed E-state index contributed by atoms with van der Waals surface area (Å²) in [5, 5.41) is 9.04. The molecule has 16 heavy (non-hydrogen) atoms. The summed E-state index contributed by atoms with van der Waals surface area (Å²) in [6.45, 7) is 3.42. The van der Waals surface area contributed by atoms with E-state index < -0.39 is 11.4 Å². The number of aromatic nitrogens is 1. The highest BCUT2D eigenvalue weighted by Gasteiger charge is 2.27. The van der Waals surface area contributed by atoms with E-state index in [0.29, 0.717) is 12.0 Å². The number of carboxylic acid groups (broad SMARTS) is 1. The van der Waals surface area contributed by atoms with Gasteiger partial charge in [-0.1, -0.05) is 6.07 Å². The van der Waals surface area contributed by atoms with Crippen LogP contribution < -0.4 is 0 Å². The zero-order valence-electron chi connectivity index (χ0n) is 9.23. The first-order valence-corrected chi connectivity index (χ1v) is 5.04. The minimum Gasteiger partial charge on any atom is -0.481 e. The van der Waals surface area contributed by atoms with Crippen molar-refractivity contribution in [1.82, 2.24) is 4.98 Å². The first-order valence-electron chi connectivity index (χ1n) is 5.04. The fraction of sp³-hybridized carbons (Fsp3) is 0.333. The van der Waals surface area contributed by atoms with Crippen LogP contribution in [-0.4, -0.2) is 16.1 Å². The number of rotatable bonds is 3. The number of hydrogen-bond donors (Lipinski definition) is 1. The van der Waals surface area contributed by atoms with Gasteiger partial charge in [-0.15, -0.1) is 0 Å². The summed E-state index contributed by atoms with van der Waals surface area (Å²) < 4.78 is 5.17. The van der Waals surface area contributed by atoms with E-state index in [1.54, 1.807) is 13.8 Å². The number of oxazole rings is 1. The first kappa shape index (κ1) is 10.7. The van der Waals surface area contributed by atoms with Crippen molar-refractivity contribution in [3.05, 3.63) is 30.2 Å². The van der Waals surface area contributed by atoms with Crippen LogP contribution in [0, 0.1) is 5.41 Å². The predicted molar refractivity (Wildman–Crippen MR) is 59.1 cm³/mol. The molecule has 0 saturated carbocycles. The van der Waals surface area contributed by atoms with Gasteiger partial charge in [0.15, 0.2) is 12.0 Å². The molecule has 0 spiro atoms. The summed E-state index contributed by atoms with van der Waals surface area (Å²) in [5.41, 5.74) is 1.65. The highest BCUT2D eigenvalue weighted by Crippen LogP contribution is 2.24. The Morgan fingerprint density at radius 3 is 2.94 bits per heavy atom. The van der Waals surface area contributed by atoms with E-state index in [4.69, 9.17) is 9.52 Å². The van der Waals surface area contributed by atoms with E-state index >= 15 is 0 Å². The number of hydrogen-bond acceptors (Lipinski definition) is 3. The van der Waals surface area contributed by atoms with Crippen LogP contribution in [0.25, 0.3) is 11.1 Å². The Kier molecular flexibility index (Phi) is 2.42. The van der Waals surface area contributed by atoms with Crippen LogP contribution in [-0.2, 0) is 11.2 Å². The fourth-order valence-corrected chi connectivity index (χ4v) is 1.60. The van der Waals surface area contributed by atoms with Crippen molar-refractivity contribution in [3.63, 3.8) is 0 Å². The van der Waals surface area contributed by atoms with Crippen LogP contribution in [0.15, 0.2) is 29.0 Å². The monoisotopic (exact) mass is 219 g/mol. The number of aliphatic carboxylic acids is 1. The largest absolute Gasteiger partial charge is 0.481 e. The lowest BCUT2D eigenvalue weighted by atomic mass is 9.86. The standard InChI is InChI=1S/C12H13NO3/c1-12(2,11(14)15)6-8-3-4-9-10(5-8)16-7-13-9/h3-5,7H,6H2,1-2H3,(H,14,15). The third-order valence-corrected chi connectivity index (χ3v) is 2.62. The first-order chi connectivity index (χ1) is 7.49. The number of benzene rings is 1. The van der Waals surface area contributed by atoms with E-state index in [-0.39, 0.29) is 0 Å². The lowest BCUT2D eigenvalue weighted by molar-refractivity contribution is -0.146. The SMILES string of the molecule is CC(C)(Cc1ccc2ncoc2c1)C(=O)O. The molecule has 0 amide bonds. The van der Waals surface area contributed by atoms with Gasteiger partial charge in [0.25, 0.3) is 0 Å². The molecule has 0 radical (unpaired) electrons. The van der Waals surface area contributed by atoms with Gasteiger partial charge in [-0.3, -0.25) is 4.79 Å². The van der Waals surface area contributed by atoms with Crippen molar-refractivity contribution in [1.29, 1.82) is 0 Å². The second-order valence-electron chi connectivity index (χ2n) is 4.52. The number of carboxylic acids is 1. The van der Waals surface area contributed by atoms with Crippen LogP contribution in [0.3, 0.4) is 0 Å². The average Bonchev–Trinajstić information content (AvgIpc) is 2.63. The normalized spacial score (nSPS) is 11.9. The summed E-state index contributed by atoms with van der Waals surface area (Å²) >= 11 is 0. The smallest absolute Gasteiger partial charge is 0.309 e. The van der Waals surface area contributed by atoms with E-state index in [1.807, 2.05) is 18.2 Å². The molecule has 1 N–H and O–H groups in total. The molecule has 1 heterocycles. The van der Waals surface area contributed by atoms with Gasteiger partial charge in [-0.2, -0.15) is 0 Å². The minimum atomic E-state index is -0.801. The molecule has 0 aliphatic carbocycles. The van der Waals surface area contributed by atoms with Gasteiger partial charge in [0, 0.05) is 0 Å². The molecule has 1 aromatic carbocycles. The molecule has 0 aliphatic rings. The number of fused-ring (bicyclic) bond motifs is 1. The zero-order chi connectivity index (χ0) is 11.8. The minimum absolute atomic E-state index is 0.471. The highest BCUT2D eigenvalue weighted by molar-refractivity contribution is 5.75. The molecule has 0 bridgehead atoms. The maximum atomic E-state index is 11.0. The highest BCUT2D eigenvalue weighted by atomic mass is 16.4. The van der Waals surface area contributed by atoms with E-state index in [0.717, 1.165) is 11.1 Å². The maximum absolute atomic E-state index is 11.0. The summed E-state index contributed by atoms with van der Waals surface area (Å²) in [5.74, 6) is -0.801. The number of nitrogens with zero attached hydrogens (tertiary/aromatic N) is 1. The summed E-state index contributed by atoms with van der Waals surface area (Å²) in [4.78, 5) is 15.0. The Morgan fingerprint density at radius 2 is 2.25 bits per heavy atom. The summed E-state index contributed by atoms with van der Waals surface area (Å²) in [7, 11) is 0. The summed E-state index contributed by atoms with van der Waals surface area (Å²) in [6.07, 6.45) is 1.86. The molecule has 0 fully saturated rings. The maximum Gasteiger partial charge on any atom is 0.309 e. The van der Waals surface area contributed by atoms with Gasteiger partial charge >= 0.3 is 5.97 Å². The zero-order valence-corrected chi connectivity index (χ0v) is 9.23. The predicted octanol–water partition coefficient (Wildman–Crippen LogP) is 2.48. The lowest BCUT2D eigenvalue weighted by Crippen LogP contribution is -2.26. The Morgan fingerprint density at radius 1 is 1.50 bits per heavy atom. The van der Waals surface area contributed by atoms with Crippen molar-refractivity contribution in [3.8, 4) is 0 Å². The van der Waals surface area contributed by atoms with Gasteiger partial charge < -0.3 is 9.52 Å². The third kappa shape index (κ3) is 1.91. The van der Waals surface area contributed by atoms with Gasteiger partial charge in [0.2, 0.25) is 0 Å². The van der Waals surface area contributed by atoms with Crippen LogP contribution >= 0.6 is 0 Å². The van der Waals surface area contributed by atoms with E-state index in [2.05, 4.69) is 4.98 Å². The van der Waals surface area contributed by atoms with Crippen LogP contribution in [0.5, 0.6) is 0 Å². The van der Waals surface area contributed by atoms with Crippen molar-refractivity contribution in [2.24, 2.45) is 5.41 Å². The molecule has 0 unspecified atom stereocenters. The van der Waals surface area contributed by atoms with Crippen LogP contribution in [0.4, 0.5) is 0 Å². The van der Waals surface area contributed by atoms with Crippen molar-refractivity contribution in [2.45, 2.75) is 20.3 Å². The molecule has 1 aromatic heterocycles. The number of carbonyl (C=O) groups is 1. The van der Waals surface area contributed by atoms with E-state index in [9.17, 15) is 4.79 Å². The van der Waals surface area contributed by atoms with Gasteiger partial charge in [0.05, 0.1) is 5.41 Å². The fourth-order valence-electron chi connectivity index (χ4n) is 1.60. The van der Waals surface area contributed by atoms with Gasteiger partial charge in [-0.05, 0) is 38.0 Å². The molecule has 4 nitrogen and oxygen atoms in total. The molecule has 2 aromatic rings. The Bertz CT molecular complexity index is 528.